The van der Waals surface area contributed by atoms with Gasteiger partial charge in [0.25, 0.3) is 0 Å². The van der Waals surface area contributed by atoms with Gasteiger partial charge in [0.15, 0.2) is 0 Å². The number of ketones is 1. The van der Waals surface area contributed by atoms with Crippen molar-refractivity contribution in [2.24, 2.45) is 0 Å². The average molecular weight is 225 g/mol. The van der Waals surface area contributed by atoms with Gasteiger partial charge >= 0.3 is 0 Å². The van der Waals surface area contributed by atoms with Gasteiger partial charge in [0.2, 0.25) is 0 Å². The van der Waals surface area contributed by atoms with Gasteiger partial charge in [-0.15, -0.1) is 0 Å². The van der Waals surface area contributed by atoms with E-state index >= 15 is 0 Å². The Hall–Kier alpha value is -1.83. The summed E-state index contributed by atoms with van der Waals surface area (Å²) in [7, 11) is 0. The lowest BCUT2D eigenvalue weighted by molar-refractivity contribution is -0.118. The lowest BCUT2D eigenvalue weighted by Crippen LogP contribution is -1.93. The van der Waals surface area contributed by atoms with Gasteiger partial charge in [-0.1, -0.05) is 24.3 Å². The number of fused-ring (bicyclic) bond motifs is 1. The normalized spacial score (nSPS) is 16.9. The number of allylic oxidation sites excluding steroid dienone is 2. The molecule has 0 radical (unpaired) electrons. The maximum Gasteiger partial charge on any atom is 0.133 e. The first-order valence-electron chi connectivity index (χ1n) is 6.12. The van der Waals surface area contributed by atoms with Crippen LogP contribution in [0.4, 0.5) is 0 Å². The zero-order valence-electron chi connectivity index (χ0n) is 9.70. The van der Waals surface area contributed by atoms with E-state index in [-0.39, 0.29) is 0 Å². The summed E-state index contributed by atoms with van der Waals surface area (Å²) in [6, 6.07) is 10.5. The number of hydrogen-bond acceptors (Lipinski definition) is 1. The average Bonchev–Trinajstić information content (AvgIpc) is 2.65. The van der Waals surface area contributed by atoms with Gasteiger partial charge in [0, 0.05) is 24.1 Å². The van der Waals surface area contributed by atoms with Gasteiger partial charge in [-0.2, -0.15) is 0 Å². The molecule has 2 heteroatoms. The molecule has 0 saturated heterocycles. The van der Waals surface area contributed by atoms with Gasteiger partial charge in [-0.25, -0.2) is 0 Å². The minimum absolute atomic E-state index is 0.382. The Bertz CT molecular complexity index is 559. The minimum atomic E-state index is 0.382. The fraction of sp³-hybridized carbons (Fsp3) is 0.267. The Balaban J connectivity index is 1.97. The zero-order valence-corrected chi connectivity index (χ0v) is 9.70. The highest BCUT2D eigenvalue weighted by atomic mass is 16.1. The molecule has 1 N–H and O–H groups in total. The SMILES string of the molecule is O=C1CCC=C(c2cc3ccccc3[nH]2)CC1. The highest BCUT2D eigenvalue weighted by Gasteiger charge is 2.12. The second kappa shape index (κ2) is 4.21. The Morgan fingerprint density at radius 2 is 1.94 bits per heavy atom. The largest absolute Gasteiger partial charge is 0.355 e. The van der Waals surface area contributed by atoms with E-state index in [1.54, 1.807) is 0 Å². The molecule has 1 aromatic carbocycles. The third kappa shape index (κ3) is 2.03. The van der Waals surface area contributed by atoms with E-state index in [1.165, 1.54) is 22.2 Å². The number of Topliss-reactive ketones (excluding diaryl/α,β-unsaturated/α-hetero) is 1. The zero-order chi connectivity index (χ0) is 11.7. The molecule has 3 rings (SSSR count). The smallest absolute Gasteiger partial charge is 0.133 e. The molecule has 0 saturated carbocycles. The maximum atomic E-state index is 11.4. The van der Waals surface area contributed by atoms with Gasteiger partial charge in [-0.05, 0) is 35.9 Å². The van der Waals surface area contributed by atoms with Crippen LogP contribution in [0.1, 0.15) is 31.4 Å². The number of benzene rings is 1. The molecule has 0 spiro atoms. The van der Waals surface area contributed by atoms with Gasteiger partial charge in [0.1, 0.15) is 5.78 Å². The van der Waals surface area contributed by atoms with Crippen LogP contribution in [-0.2, 0) is 4.79 Å². The molecule has 2 aromatic rings. The quantitative estimate of drug-likeness (QED) is 0.788. The van der Waals surface area contributed by atoms with Crippen molar-refractivity contribution in [3.63, 3.8) is 0 Å². The van der Waals surface area contributed by atoms with E-state index in [1.807, 2.05) is 12.1 Å². The molecule has 0 amide bonds. The second-order valence-electron chi connectivity index (χ2n) is 4.58. The van der Waals surface area contributed by atoms with Crippen molar-refractivity contribution in [1.82, 2.24) is 4.98 Å². The standard InChI is InChI=1S/C15H15NO/c17-13-6-3-5-11(8-9-13)15-10-12-4-1-2-7-14(12)16-15/h1-2,4-5,7,10,16H,3,6,8-9H2. The molecule has 1 aromatic heterocycles. The van der Waals surface area contributed by atoms with Crippen molar-refractivity contribution in [2.75, 3.05) is 0 Å². The second-order valence-corrected chi connectivity index (χ2v) is 4.58. The lowest BCUT2D eigenvalue weighted by Gasteiger charge is -2.00. The van der Waals surface area contributed by atoms with Crippen molar-refractivity contribution in [1.29, 1.82) is 0 Å². The Morgan fingerprint density at radius 3 is 2.82 bits per heavy atom. The molecule has 2 nitrogen and oxygen atoms in total. The molecular formula is C15H15NO. The Kier molecular flexibility index (Phi) is 2.56. The van der Waals surface area contributed by atoms with Crippen molar-refractivity contribution in [3.8, 4) is 0 Å². The third-order valence-corrected chi connectivity index (χ3v) is 3.36. The Morgan fingerprint density at radius 1 is 1.06 bits per heavy atom. The summed E-state index contributed by atoms with van der Waals surface area (Å²) >= 11 is 0. The topological polar surface area (TPSA) is 32.9 Å². The number of aromatic amines is 1. The number of para-hydroxylation sites is 1. The summed E-state index contributed by atoms with van der Waals surface area (Å²) in [5, 5.41) is 1.24. The first-order chi connectivity index (χ1) is 8.33. The predicted molar refractivity (Wildman–Crippen MR) is 69.8 cm³/mol. The fourth-order valence-electron chi connectivity index (χ4n) is 2.40. The molecule has 1 heterocycles. The maximum absolute atomic E-state index is 11.4. The number of carbonyl (C=O) groups is 1. The van der Waals surface area contributed by atoms with Crippen LogP contribution in [0.3, 0.4) is 0 Å². The lowest BCUT2D eigenvalue weighted by atomic mass is 10.1. The third-order valence-electron chi connectivity index (χ3n) is 3.36. The first kappa shape index (κ1) is 10.3. The molecule has 0 atom stereocenters. The van der Waals surface area contributed by atoms with E-state index in [4.69, 9.17) is 0 Å². The molecule has 1 aliphatic carbocycles. The van der Waals surface area contributed by atoms with Crippen molar-refractivity contribution >= 4 is 22.3 Å². The van der Waals surface area contributed by atoms with Gasteiger partial charge in [-0.3, -0.25) is 4.79 Å². The molecule has 1 aliphatic rings. The molecule has 86 valence electrons. The summed E-state index contributed by atoms with van der Waals surface area (Å²) < 4.78 is 0. The molecule has 0 unspecified atom stereocenters. The first-order valence-corrected chi connectivity index (χ1v) is 6.12. The highest BCUT2D eigenvalue weighted by Crippen LogP contribution is 2.26. The van der Waals surface area contributed by atoms with E-state index in [0.29, 0.717) is 18.6 Å². The molecular weight excluding hydrogens is 210 g/mol. The molecule has 0 bridgehead atoms. The van der Waals surface area contributed by atoms with Crippen LogP contribution in [0.2, 0.25) is 0 Å². The van der Waals surface area contributed by atoms with Crippen molar-refractivity contribution in [2.45, 2.75) is 25.7 Å². The minimum Gasteiger partial charge on any atom is -0.355 e. The van der Waals surface area contributed by atoms with Crippen molar-refractivity contribution < 1.29 is 4.79 Å². The fourth-order valence-corrected chi connectivity index (χ4v) is 2.40. The summed E-state index contributed by atoms with van der Waals surface area (Å²) in [6.45, 7) is 0. The number of aromatic nitrogens is 1. The van der Waals surface area contributed by atoms with Crippen LogP contribution in [0.5, 0.6) is 0 Å². The number of rotatable bonds is 1. The number of carbonyl (C=O) groups excluding carboxylic acids is 1. The monoisotopic (exact) mass is 225 g/mol. The van der Waals surface area contributed by atoms with Gasteiger partial charge < -0.3 is 4.98 Å². The number of nitrogens with one attached hydrogen (secondary N) is 1. The summed E-state index contributed by atoms with van der Waals surface area (Å²) in [5.74, 6) is 0.382. The van der Waals surface area contributed by atoms with Crippen LogP contribution in [0.25, 0.3) is 16.5 Å². The molecule has 0 fully saturated rings. The van der Waals surface area contributed by atoms with E-state index in [9.17, 15) is 4.79 Å². The summed E-state index contributed by atoms with van der Waals surface area (Å²) in [5.41, 5.74) is 3.62. The van der Waals surface area contributed by atoms with Crippen LogP contribution in [0.15, 0.2) is 36.4 Å². The van der Waals surface area contributed by atoms with Crippen LogP contribution in [0, 0.1) is 0 Å². The number of H-pyrrole nitrogens is 1. The van der Waals surface area contributed by atoms with E-state index in [0.717, 1.165) is 12.8 Å². The van der Waals surface area contributed by atoms with Crippen molar-refractivity contribution in [3.05, 3.63) is 42.1 Å². The Labute approximate surface area is 100 Å². The summed E-state index contributed by atoms with van der Waals surface area (Å²) in [6.07, 6.45) is 5.33. The van der Waals surface area contributed by atoms with E-state index < -0.39 is 0 Å². The van der Waals surface area contributed by atoms with Crippen LogP contribution in [-0.4, -0.2) is 10.8 Å². The van der Waals surface area contributed by atoms with E-state index in [2.05, 4.69) is 29.3 Å². The molecule has 17 heavy (non-hydrogen) atoms. The predicted octanol–water partition coefficient (Wildman–Crippen LogP) is 3.69. The van der Waals surface area contributed by atoms with Crippen LogP contribution >= 0.6 is 0 Å². The van der Waals surface area contributed by atoms with Crippen LogP contribution < -0.4 is 0 Å². The highest BCUT2D eigenvalue weighted by molar-refractivity contribution is 5.87. The molecule has 0 aliphatic heterocycles. The number of hydrogen-bond donors (Lipinski definition) is 1. The van der Waals surface area contributed by atoms with Gasteiger partial charge in [0.05, 0.1) is 0 Å². The summed E-state index contributed by atoms with van der Waals surface area (Å²) in [4.78, 5) is 14.8.